The Balaban J connectivity index is 2.39. The van der Waals surface area contributed by atoms with Gasteiger partial charge in [0.2, 0.25) is 0 Å². The first kappa shape index (κ1) is 20.3. The number of alkyl halides is 6. The van der Waals surface area contributed by atoms with Crippen molar-refractivity contribution in [3.63, 3.8) is 0 Å². The normalized spacial score (nSPS) is 12.1. The third-order valence-electron chi connectivity index (χ3n) is 4.09. The summed E-state index contributed by atoms with van der Waals surface area (Å²) in [5.74, 6) is 0. The van der Waals surface area contributed by atoms with Gasteiger partial charge in [0, 0.05) is 17.2 Å². The summed E-state index contributed by atoms with van der Waals surface area (Å²) in [4.78, 5) is 14.0. The summed E-state index contributed by atoms with van der Waals surface area (Å²) < 4.78 is 80.7. The lowest BCUT2D eigenvalue weighted by molar-refractivity contribution is -0.385. The molecule has 0 fully saturated rings. The van der Waals surface area contributed by atoms with Gasteiger partial charge in [-0.2, -0.15) is 26.3 Å². The predicted octanol–water partition coefficient (Wildman–Crippen LogP) is 6.36. The highest BCUT2D eigenvalue weighted by molar-refractivity contribution is 5.85. The number of nitro groups is 1. The lowest BCUT2D eigenvalue weighted by atomic mass is 9.92. The van der Waals surface area contributed by atoms with Gasteiger partial charge in [0.05, 0.1) is 21.7 Å². The lowest BCUT2D eigenvalue weighted by Crippen LogP contribution is -2.10. The van der Waals surface area contributed by atoms with Gasteiger partial charge in [0.1, 0.15) is 6.20 Å². The van der Waals surface area contributed by atoms with Crippen molar-refractivity contribution in [2.24, 2.45) is 0 Å². The van der Waals surface area contributed by atoms with Gasteiger partial charge >= 0.3 is 12.4 Å². The maximum atomic E-state index is 13.5. The number of hydrogen-bond acceptors (Lipinski definition) is 3. The van der Waals surface area contributed by atoms with Gasteiger partial charge in [0.15, 0.2) is 0 Å². The molecule has 0 aliphatic rings. The van der Waals surface area contributed by atoms with E-state index in [0.29, 0.717) is 6.20 Å². The molecule has 0 atom stereocenters. The molecule has 0 N–H and O–H groups in total. The van der Waals surface area contributed by atoms with Crippen molar-refractivity contribution in [2.75, 3.05) is 0 Å². The van der Waals surface area contributed by atoms with E-state index in [1.807, 2.05) is 0 Å². The molecule has 4 nitrogen and oxygen atoms in total. The molecule has 2 aromatic carbocycles. The molecule has 1 heterocycles. The number of halogens is 6. The molecule has 29 heavy (non-hydrogen) atoms. The van der Waals surface area contributed by atoms with Crippen LogP contribution < -0.4 is 0 Å². The summed E-state index contributed by atoms with van der Waals surface area (Å²) in [5, 5.41) is 11.1. The Bertz CT molecular complexity index is 1080. The van der Waals surface area contributed by atoms with Gasteiger partial charge < -0.3 is 0 Å². The average Bonchev–Trinajstić information content (AvgIpc) is 2.66. The van der Waals surface area contributed by atoms with Crippen LogP contribution in [0.15, 0.2) is 60.8 Å². The van der Waals surface area contributed by atoms with E-state index in [2.05, 4.69) is 4.98 Å². The van der Waals surface area contributed by atoms with E-state index in [1.165, 1.54) is 12.1 Å². The molecule has 0 radical (unpaired) electrons. The number of rotatable bonds is 3. The lowest BCUT2D eigenvalue weighted by Gasteiger charge is -2.17. The fraction of sp³-hybridized carbons (Fsp3) is 0.105. The average molecular weight is 412 g/mol. The zero-order chi connectivity index (χ0) is 21.4. The molecule has 150 valence electrons. The topological polar surface area (TPSA) is 56.0 Å². The Kier molecular flexibility index (Phi) is 5.04. The second kappa shape index (κ2) is 7.19. The third-order valence-corrected chi connectivity index (χ3v) is 4.09. The largest absolute Gasteiger partial charge is 0.417 e. The van der Waals surface area contributed by atoms with E-state index >= 15 is 0 Å². The Morgan fingerprint density at radius 1 is 0.759 bits per heavy atom. The minimum Gasteiger partial charge on any atom is -0.258 e. The van der Waals surface area contributed by atoms with Crippen LogP contribution >= 0.6 is 0 Å². The summed E-state index contributed by atoms with van der Waals surface area (Å²) in [6, 6.07) is 9.14. The first-order chi connectivity index (χ1) is 13.5. The molecule has 1 aromatic heterocycles. The molecule has 0 bridgehead atoms. The van der Waals surface area contributed by atoms with Gasteiger partial charge in [-0.3, -0.25) is 10.1 Å². The van der Waals surface area contributed by atoms with Crippen molar-refractivity contribution in [2.45, 2.75) is 12.4 Å². The minimum absolute atomic E-state index is 0.427. The molecule has 3 aromatic rings. The number of aromatic nitrogens is 1. The Labute approximate surface area is 159 Å². The SMILES string of the molecule is O=[N+]([O-])c1cnc(-c2ccccc2C(F)(F)F)c(-c2ccccc2C(F)(F)F)c1. The smallest absolute Gasteiger partial charge is 0.258 e. The maximum absolute atomic E-state index is 13.5. The van der Waals surface area contributed by atoms with Gasteiger partial charge in [-0.05, 0) is 17.7 Å². The molecular formula is C19H10F6N2O2. The second-order valence-corrected chi connectivity index (χ2v) is 5.93. The monoisotopic (exact) mass is 412 g/mol. The summed E-state index contributed by atoms with van der Waals surface area (Å²) in [6.45, 7) is 0. The van der Waals surface area contributed by atoms with Crippen LogP contribution in [0.3, 0.4) is 0 Å². The fourth-order valence-corrected chi connectivity index (χ4v) is 2.88. The second-order valence-electron chi connectivity index (χ2n) is 5.93. The standard InChI is InChI=1S/C19H10F6N2O2/c20-18(21,22)15-7-3-1-5-12(15)14-9-11(27(28)29)10-26-17(14)13-6-2-4-8-16(13)19(23,24)25/h1-10H. The molecule has 0 aliphatic heterocycles. The molecule has 3 rings (SSSR count). The highest BCUT2D eigenvalue weighted by Gasteiger charge is 2.37. The predicted molar refractivity (Wildman–Crippen MR) is 91.8 cm³/mol. The summed E-state index contributed by atoms with van der Waals surface area (Å²) >= 11 is 0. The van der Waals surface area contributed by atoms with E-state index in [0.717, 1.165) is 42.5 Å². The van der Waals surface area contributed by atoms with Crippen LogP contribution in [0, 0.1) is 10.1 Å². The molecule has 10 heteroatoms. The number of hydrogen-bond donors (Lipinski definition) is 0. The van der Waals surface area contributed by atoms with E-state index in [1.54, 1.807) is 0 Å². The summed E-state index contributed by atoms with van der Waals surface area (Å²) in [5.41, 5.74) is -4.78. The molecule has 0 spiro atoms. The number of nitrogens with zero attached hydrogens (tertiary/aromatic N) is 2. The minimum atomic E-state index is -4.83. The van der Waals surface area contributed by atoms with E-state index in [-0.39, 0.29) is 0 Å². The van der Waals surface area contributed by atoms with Crippen LogP contribution in [-0.2, 0) is 12.4 Å². The first-order valence-corrected chi connectivity index (χ1v) is 7.98. The molecule has 0 amide bonds. The van der Waals surface area contributed by atoms with Crippen LogP contribution in [0.1, 0.15) is 11.1 Å². The fourth-order valence-electron chi connectivity index (χ4n) is 2.88. The maximum Gasteiger partial charge on any atom is 0.417 e. The summed E-state index contributed by atoms with van der Waals surface area (Å²) in [6.07, 6.45) is -8.93. The molecule has 0 saturated carbocycles. The summed E-state index contributed by atoms with van der Waals surface area (Å²) in [7, 11) is 0. The van der Waals surface area contributed by atoms with Gasteiger partial charge in [-0.1, -0.05) is 36.4 Å². The van der Waals surface area contributed by atoms with Gasteiger partial charge in [-0.25, -0.2) is 4.98 Å². The van der Waals surface area contributed by atoms with E-state index < -0.39 is 56.5 Å². The number of benzene rings is 2. The highest BCUT2D eigenvalue weighted by Crippen LogP contribution is 2.44. The highest BCUT2D eigenvalue weighted by atomic mass is 19.4. The van der Waals surface area contributed by atoms with Crippen LogP contribution in [0.25, 0.3) is 22.4 Å². The molecule has 0 unspecified atom stereocenters. The van der Waals surface area contributed by atoms with E-state index in [4.69, 9.17) is 0 Å². The van der Waals surface area contributed by atoms with Crippen molar-refractivity contribution in [3.05, 3.63) is 82.0 Å². The van der Waals surface area contributed by atoms with Crippen molar-refractivity contribution >= 4 is 5.69 Å². The van der Waals surface area contributed by atoms with Gasteiger partial charge in [-0.15, -0.1) is 0 Å². The van der Waals surface area contributed by atoms with E-state index in [9.17, 15) is 36.5 Å². The van der Waals surface area contributed by atoms with Gasteiger partial charge in [0.25, 0.3) is 5.69 Å². The van der Waals surface area contributed by atoms with Crippen LogP contribution in [0.4, 0.5) is 32.0 Å². The van der Waals surface area contributed by atoms with Crippen molar-refractivity contribution in [1.82, 2.24) is 4.98 Å². The zero-order valence-corrected chi connectivity index (χ0v) is 14.3. The van der Waals surface area contributed by atoms with Crippen molar-refractivity contribution in [1.29, 1.82) is 0 Å². The Hall–Kier alpha value is -3.43. The van der Waals surface area contributed by atoms with Crippen LogP contribution in [0.5, 0.6) is 0 Å². The third kappa shape index (κ3) is 4.05. The van der Waals surface area contributed by atoms with Crippen molar-refractivity contribution < 1.29 is 31.3 Å². The molecule has 0 saturated heterocycles. The van der Waals surface area contributed by atoms with Crippen molar-refractivity contribution in [3.8, 4) is 22.4 Å². The van der Waals surface area contributed by atoms with Crippen LogP contribution in [-0.4, -0.2) is 9.91 Å². The quantitative estimate of drug-likeness (QED) is 0.286. The molecule has 0 aliphatic carbocycles. The van der Waals surface area contributed by atoms with Crippen LogP contribution in [0.2, 0.25) is 0 Å². The first-order valence-electron chi connectivity index (χ1n) is 7.98. The molecular weight excluding hydrogens is 402 g/mol. The Morgan fingerprint density at radius 3 is 1.76 bits per heavy atom. The Morgan fingerprint density at radius 2 is 1.24 bits per heavy atom. The zero-order valence-electron chi connectivity index (χ0n) is 14.3. The number of pyridine rings is 1.